The van der Waals surface area contributed by atoms with Gasteiger partial charge >= 0.3 is 0 Å². The van der Waals surface area contributed by atoms with Gasteiger partial charge in [-0.05, 0) is 53.9 Å². The van der Waals surface area contributed by atoms with Crippen LogP contribution in [0.3, 0.4) is 0 Å². The number of rotatable bonds is 7. The number of nitro groups is 1. The monoisotopic (exact) mass is 580 g/mol. The Balaban J connectivity index is 1.28. The molecule has 3 aromatic carbocycles. The number of aromatic nitrogens is 4. The average molecular weight is 581 g/mol. The number of fused-ring (bicyclic) bond motifs is 1. The number of halogens is 1. The highest BCUT2D eigenvalue weighted by atomic mass is 35.5. The van der Waals surface area contributed by atoms with E-state index in [-0.39, 0.29) is 21.7 Å². The summed E-state index contributed by atoms with van der Waals surface area (Å²) in [5.41, 5.74) is 2.34. The van der Waals surface area contributed by atoms with E-state index in [4.69, 9.17) is 16.7 Å². The molecule has 3 aromatic heterocycles. The number of amides is 1. The van der Waals surface area contributed by atoms with E-state index in [2.05, 4.69) is 15.5 Å². The molecule has 0 aliphatic heterocycles. The third-order valence-electron chi connectivity index (χ3n) is 6.24. The molecular formula is C29H17ClN6O4S. The lowest BCUT2D eigenvalue weighted by molar-refractivity contribution is -0.384. The summed E-state index contributed by atoms with van der Waals surface area (Å²) in [5, 5.41) is 29.2. The van der Waals surface area contributed by atoms with Gasteiger partial charge in [-0.2, -0.15) is 9.61 Å². The van der Waals surface area contributed by atoms with Crippen molar-refractivity contribution in [3.63, 3.8) is 0 Å². The van der Waals surface area contributed by atoms with Crippen molar-refractivity contribution in [2.75, 3.05) is 5.32 Å². The fourth-order valence-corrected chi connectivity index (χ4v) is 5.17. The fourth-order valence-electron chi connectivity index (χ4n) is 4.29. The molecule has 1 amide bonds. The Hall–Kier alpha value is -5.26. The zero-order chi connectivity index (χ0) is 28.5. The highest BCUT2D eigenvalue weighted by Crippen LogP contribution is 2.28. The summed E-state index contributed by atoms with van der Waals surface area (Å²) in [6.45, 7) is 0. The third-order valence-corrected chi connectivity index (χ3v) is 7.43. The van der Waals surface area contributed by atoms with E-state index in [0.29, 0.717) is 22.9 Å². The van der Waals surface area contributed by atoms with Crippen LogP contribution in [0.2, 0.25) is 5.02 Å². The van der Waals surface area contributed by atoms with Crippen LogP contribution in [-0.2, 0) is 0 Å². The topological polar surface area (TPSA) is 132 Å². The number of benzene rings is 3. The molecule has 12 heteroatoms. The molecule has 0 bridgehead atoms. The van der Waals surface area contributed by atoms with E-state index in [1.165, 1.54) is 35.6 Å². The molecule has 3 heterocycles. The van der Waals surface area contributed by atoms with Crippen LogP contribution in [0.4, 0.5) is 11.4 Å². The lowest BCUT2D eigenvalue weighted by Crippen LogP contribution is -2.17. The summed E-state index contributed by atoms with van der Waals surface area (Å²) in [7, 11) is 0. The predicted octanol–water partition coefficient (Wildman–Crippen LogP) is 6.56. The zero-order valence-electron chi connectivity index (χ0n) is 20.9. The zero-order valence-corrected chi connectivity index (χ0v) is 22.5. The maximum atomic E-state index is 13.3. The fraction of sp³-hybridized carbons (Fsp3) is 0. The van der Waals surface area contributed by atoms with Gasteiger partial charge in [0, 0.05) is 28.4 Å². The first kappa shape index (κ1) is 26.0. The molecule has 0 unspecified atom stereocenters. The number of nitro benzene ring substituents is 1. The van der Waals surface area contributed by atoms with Crippen molar-refractivity contribution in [2.45, 2.75) is 0 Å². The number of nitrogens with zero attached hydrogens (tertiary/aromatic N) is 5. The predicted molar refractivity (Wildman–Crippen MR) is 155 cm³/mol. The Kier molecular flexibility index (Phi) is 6.79. The maximum Gasteiger partial charge on any atom is 0.288 e. The van der Waals surface area contributed by atoms with Gasteiger partial charge in [-0.15, -0.1) is 21.5 Å². The molecule has 0 aliphatic carbocycles. The van der Waals surface area contributed by atoms with Gasteiger partial charge in [0.1, 0.15) is 5.02 Å². The molecule has 6 rings (SSSR count). The van der Waals surface area contributed by atoms with Gasteiger partial charge in [0.25, 0.3) is 11.6 Å². The molecule has 6 aromatic rings. The maximum absolute atomic E-state index is 13.3. The lowest BCUT2D eigenvalue weighted by Gasteiger charge is -2.11. The molecule has 0 saturated heterocycles. The minimum Gasteiger partial charge on any atom is -0.322 e. The van der Waals surface area contributed by atoms with E-state index in [1.54, 1.807) is 34.8 Å². The Labute approximate surface area is 241 Å². The second-order valence-corrected chi connectivity index (χ2v) is 10.2. The highest BCUT2D eigenvalue weighted by Gasteiger charge is 2.22. The Bertz CT molecular complexity index is 1970. The van der Waals surface area contributed by atoms with E-state index in [9.17, 15) is 19.7 Å². The quantitative estimate of drug-likeness (QED) is 0.128. The van der Waals surface area contributed by atoms with Crippen LogP contribution in [0.15, 0.2) is 96.4 Å². The van der Waals surface area contributed by atoms with Crippen molar-refractivity contribution in [3.8, 4) is 22.0 Å². The SMILES string of the molecule is O=C(Nc1cccc(-c2ccc3nnc(-c4cccs4)n3n2)c1)c1ccccc1C(=O)c1ccc(Cl)c([N+](=O)[O-])c1. The highest BCUT2D eigenvalue weighted by molar-refractivity contribution is 7.13. The van der Waals surface area contributed by atoms with Gasteiger partial charge in [-0.25, -0.2) is 0 Å². The summed E-state index contributed by atoms with van der Waals surface area (Å²) >= 11 is 7.43. The van der Waals surface area contributed by atoms with Crippen LogP contribution >= 0.6 is 22.9 Å². The minimum absolute atomic E-state index is 0.0423. The van der Waals surface area contributed by atoms with Crippen LogP contribution < -0.4 is 5.32 Å². The van der Waals surface area contributed by atoms with Crippen molar-refractivity contribution in [2.24, 2.45) is 0 Å². The molecule has 10 nitrogen and oxygen atoms in total. The van der Waals surface area contributed by atoms with Crippen molar-refractivity contribution < 1.29 is 14.5 Å². The third kappa shape index (κ3) is 5.07. The second-order valence-electron chi connectivity index (χ2n) is 8.82. The minimum atomic E-state index is -0.663. The molecule has 0 spiro atoms. The average Bonchev–Trinajstić information content (AvgIpc) is 3.67. The molecule has 0 atom stereocenters. The lowest BCUT2D eigenvalue weighted by atomic mass is 9.97. The number of ketones is 1. The summed E-state index contributed by atoms with van der Waals surface area (Å²) < 4.78 is 1.68. The summed E-state index contributed by atoms with van der Waals surface area (Å²) in [5.74, 6) is -0.428. The van der Waals surface area contributed by atoms with Crippen LogP contribution in [0.25, 0.3) is 27.6 Å². The molecule has 200 valence electrons. The van der Waals surface area contributed by atoms with Gasteiger partial charge in [0.05, 0.1) is 21.1 Å². The smallest absolute Gasteiger partial charge is 0.288 e. The second kappa shape index (κ2) is 10.7. The number of carbonyl (C=O) groups excluding carboxylic acids is 2. The molecule has 41 heavy (non-hydrogen) atoms. The van der Waals surface area contributed by atoms with Gasteiger partial charge in [-0.1, -0.05) is 48.0 Å². The first-order valence-corrected chi connectivity index (χ1v) is 13.4. The molecule has 0 radical (unpaired) electrons. The largest absolute Gasteiger partial charge is 0.322 e. The number of hydrogen-bond acceptors (Lipinski definition) is 8. The van der Waals surface area contributed by atoms with E-state index in [0.717, 1.165) is 16.5 Å². The van der Waals surface area contributed by atoms with Crippen molar-refractivity contribution in [3.05, 3.63) is 128 Å². The normalized spacial score (nSPS) is 11.0. The molecule has 1 N–H and O–H groups in total. The number of nitrogens with one attached hydrogen (secondary N) is 1. The van der Waals surface area contributed by atoms with Gasteiger partial charge in [0.15, 0.2) is 17.3 Å². The van der Waals surface area contributed by atoms with E-state index in [1.807, 2.05) is 35.7 Å². The van der Waals surface area contributed by atoms with Gasteiger partial charge < -0.3 is 5.32 Å². The summed E-state index contributed by atoms with van der Waals surface area (Å²) in [6, 6.07) is 24.7. The van der Waals surface area contributed by atoms with Crippen LogP contribution in [-0.4, -0.2) is 36.4 Å². The van der Waals surface area contributed by atoms with Crippen LogP contribution in [0, 0.1) is 10.1 Å². The molecule has 0 fully saturated rings. The molecule has 0 saturated carbocycles. The van der Waals surface area contributed by atoms with E-state index >= 15 is 0 Å². The number of anilines is 1. The summed E-state index contributed by atoms with van der Waals surface area (Å²) in [4.78, 5) is 38.2. The summed E-state index contributed by atoms with van der Waals surface area (Å²) in [6.07, 6.45) is 0. The number of carbonyl (C=O) groups is 2. The molecular weight excluding hydrogens is 564 g/mol. The van der Waals surface area contributed by atoms with Crippen molar-refractivity contribution in [1.29, 1.82) is 0 Å². The number of thiophene rings is 1. The Morgan fingerprint density at radius 2 is 1.73 bits per heavy atom. The van der Waals surface area contributed by atoms with Crippen LogP contribution in [0.1, 0.15) is 26.3 Å². The first-order chi connectivity index (χ1) is 19.9. The van der Waals surface area contributed by atoms with Crippen LogP contribution in [0.5, 0.6) is 0 Å². The number of hydrogen-bond donors (Lipinski definition) is 1. The standard InChI is InChI=1S/C29H17ClN6O4S/c30-22-11-10-18(16-24(22)36(39)40)27(37)20-7-1-2-8-21(20)29(38)31-19-6-3-5-17(15-19)23-12-13-26-32-33-28(35(26)34-23)25-9-4-14-41-25/h1-16H,(H,31,38). The van der Waals surface area contributed by atoms with E-state index < -0.39 is 22.3 Å². The van der Waals surface area contributed by atoms with Gasteiger partial charge in [-0.3, -0.25) is 19.7 Å². The molecule has 0 aliphatic rings. The van der Waals surface area contributed by atoms with Gasteiger partial charge in [0.2, 0.25) is 0 Å². The first-order valence-electron chi connectivity index (χ1n) is 12.1. The van der Waals surface area contributed by atoms with Crippen molar-refractivity contribution in [1.82, 2.24) is 19.8 Å². The Morgan fingerprint density at radius 1 is 0.902 bits per heavy atom. The van der Waals surface area contributed by atoms with Crippen molar-refractivity contribution >= 4 is 51.7 Å². The Morgan fingerprint density at radius 3 is 2.51 bits per heavy atom.